The summed E-state index contributed by atoms with van der Waals surface area (Å²) in [5.74, 6) is -0.603. The Morgan fingerprint density at radius 3 is 2.44 bits per heavy atom. The molecule has 0 aliphatic heterocycles. The van der Waals surface area contributed by atoms with E-state index < -0.39 is 12.1 Å². The monoisotopic (exact) mass is 364 g/mol. The molecule has 2 aromatic carbocycles. The molecule has 0 saturated carbocycles. The van der Waals surface area contributed by atoms with Crippen LogP contribution in [-0.2, 0) is 16.1 Å². The predicted octanol–water partition coefficient (Wildman–Crippen LogP) is 5.37. The molecule has 3 nitrogen and oxygen atoms in total. The number of aliphatic hydroxyl groups excluding tert-OH is 1. The Kier molecular flexibility index (Phi) is 5.81. The van der Waals surface area contributed by atoms with Crippen molar-refractivity contribution in [1.29, 1.82) is 0 Å². The zero-order chi connectivity index (χ0) is 19.4. The highest BCUT2D eigenvalue weighted by atomic mass is 16.5. The van der Waals surface area contributed by atoms with Crippen LogP contribution in [0.4, 0.5) is 0 Å². The van der Waals surface area contributed by atoms with Gasteiger partial charge in [0.15, 0.2) is 0 Å². The summed E-state index contributed by atoms with van der Waals surface area (Å²) in [5.41, 5.74) is 6.30. The minimum atomic E-state index is -1.10. The summed E-state index contributed by atoms with van der Waals surface area (Å²) >= 11 is 0. The van der Waals surface area contributed by atoms with Gasteiger partial charge in [0, 0.05) is 0 Å². The second kappa shape index (κ2) is 8.10. The number of aliphatic hydroxyl groups is 1. The van der Waals surface area contributed by atoms with Crippen LogP contribution in [-0.4, -0.2) is 17.2 Å². The molecule has 1 aliphatic rings. The summed E-state index contributed by atoms with van der Waals surface area (Å²) in [6.45, 7) is 6.23. The molecule has 0 bridgehead atoms. The lowest BCUT2D eigenvalue weighted by molar-refractivity contribution is -0.153. The van der Waals surface area contributed by atoms with Gasteiger partial charge in [0.25, 0.3) is 0 Å². The zero-order valence-electron chi connectivity index (χ0n) is 16.4. The van der Waals surface area contributed by atoms with Crippen molar-refractivity contribution < 1.29 is 14.6 Å². The molecule has 2 aromatic rings. The lowest BCUT2D eigenvalue weighted by atomic mass is 9.77. The van der Waals surface area contributed by atoms with Crippen molar-refractivity contribution in [1.82, 2.24) is 0 Å². The number of allylic oxidation sites excluding steroid dienone is 2. The molecule has 0 radical (unpaired) electrons. The van der Waals surface area contributed by atoms with E-state index in [1.54, 1.807) is 0 Å². The minimum absolute atomic E-state index is 0.165. The Bertz CT molecular complexity index is 829. The second-order valence-electron chi connectivity index (χ2n) is 8.16. The van der Waals surface area contributed by atoms with Crippen LogP contribution < -0.4 is 0 Å². The first kappa shape index (κ1) is 19.4. The fourth-order valence-electron chi connectivity index (χ4n) is 3.33. The van der Waals surface area contributed by atoms with Gasteiger partial charge < -0.3 is 9.84 Å². The number of hydrogen-bond acceptors (Lipinski definition) is 3. The molecule has 1 N–H and O–H groups in total. The van der Waals surface area contributed by atoms with Crippen molar-refractivity contribution in [3.05, 3.63) is 65.7 Å². The Morgan fingerprint density at radius 2 is 1.81 bits per heavy atom. The Labute approximate surface area is 161 Å². The van der Waals surface area contributed by atoms with Crippen LogP contribution in [0.5, 0.6) is 0 Å². The van der Waals surface area contributed by atoms with Crippen molar-refractivity contribution in [2.45, 2.75) is 52.7 Å². The van der Waals surface area contributed by atoms with E-state index in [0.717, 1.165) is 29.5 Å². The molecule has 0 aromatic heterocycles. The van der Waals surface area contributed by atoms with E-state index in [-0.39, 0.29) is 6.61 Å². The molecular weight excluding hydrogens is 336 g/mol. The summed E-state index contributed by atoms with van der Waals surface area (Å²) in [7, 11) is 0. The van der Waals surface area contributed by atoms with Crippen molar-refractivity contribution in [2.75, 3.05) is 0 Å². The summed E-state index contributed by atoms with van der Waals surface area (Å²) in [6.07, 6.45) is 4.79. The Morgan fingerprint density at radius 1 is 1.11 bits per heavy atom. The average Bonchev–Trinajstić information content (AvgIpc) is 2.66. The van der Waals surface area contributed by atoms with Gasteiger partial charge in [-0.05, 0) is 65.5 Å². The molecular formula is C24H28O3. The van der Waals surface area contributed by atoms with Crippen LogP contribution in [0, 0.1) is 5.41 Å². The van der Waals surface area contributed by atoms with Gasteiger partial charge >= 0.3 is 5.97 Å². The number of carbonyl (C=O) groups is 1. The Balaban J connectivity index is 1.71. The lowest BCUT2D eigenvalue weighted by Gasteiger charge is -2.28. The van der Waals surface area contributed by atoms with Gasteiger partial charge in [0.2, 0.25) is 0 Å². The van der Waals surface area contributed by atoms with Crippen molar-refractivity contribution in [2.24, 2.45) is 5.41 Å². The highest BCUT2D eigenvalue weighted by molar-refractivity contribution is 5.74. The molecule has 0 saturated heterocycles. The Hall–Kier alpha value is -2.39. The van der Waals surface area contributed by atoms with Gasteiger partial charge in [-0.15, -0.1) is 0 Å². The third-order valence-electron chi connectivity index (χ3n) is 5.21. The van der Waals surface area contributed by atoms with E-state index in [1.165, 1.54) is 24.5 Å². The van der Waals surface area contributed by atoms with E-state index in [1.807, 2.05) is 18.2 Å². The third-order valence-corrected chi connectivity index (χ3v) is 5.21. The summed E-state index contributed by atoms with van der Waals surface area (Å²) < 4.78 is 5.10. The van der Waals surface area contributed by atoms with Crippen LogP contribution in [0.25, 0.3) is 16.7 Å². The highest BCUT2D eigenvalue weighted by Gasteiger charge is 2.21. The first-order chi connectivity index (χ1) is 12.8. The molecule has 1 atom stereocenters. The fraction of sp³-hybridized carbons (Fsp3) is 0.375. The molecule has 27 heavy (non-hydrogen) atoms. The average molecular weight is 364 g/mol. The molecule has 0 fully saturated rings. The fourth-order valence-corrected chi connectivity index (χ4v) is 3.33. The van der Waals surface area contributed by atoms with Gasteiger partial charge in [-0.2, -0.15) is 0 Å². The standard InChI is InChI=1S/C24H28O3/c1-17(25)23(26)27-16-18-5-4-6-22(15-18)20-9-7-19(8-10-20)21-11-13-24(2,3)14-12-21/h4-11,15,17,25H,12-14,16H2,1-3H3/t17-/m1/s1. The quantitative estimate of drug-likeness (QED) is 0.725. The van der Waals surface area contributed by atoms with E-state index in [0.29, 0.717) is 5.41 Å². The van der Waals surface area contributed by atoms with E-state index in [4.69, 9.17) is 4.74 Å². The van der Waals surface area contributed by atoms with Crippen molar-refractivity contribution >= 4 is 11.5 Å². The topological polar surface area (TPSA) is 46.5 Å². The molecule has 142 valence electrons. The number of carbonyl (C=O) groups excluding carboxylic acids is 1. The van der Waals surface area contributed by atoms with Crippen molar-refractivity contribution in [3.63, 3.8) is 0 Å². The maximum Gasteiger partial charge on any atom is 0.334 e. The van der Waals surface area contributed by atoms with Gasteiger partial charge in [0.1, 0.15) is 12.7 Å². The highest BCUT2D eigenvalue weighted by Crippen LogP contribution is 2.38. The molecule has 0 amide bonds. The lowest BCUT2D eigenvalue weighted by Crippen LogP contribution is -2.18. The normalized spacial score (nSPS) is 17.1. The maximum atomic E-state index is 11.4. The second-order valence-corrected chi connectivity index (χ2v) is 8.16. The van der Waals surface area contributed by atoms with Gasteiger partial charge in [-0.3, -0.25) is 0 Å². The smallest absolute Gasteiger partial charge is 0.334 e. The van der Waals surface area contributed by atoms with E-state index in [9.17, 15) is 9.90 Å². The minimum Gasteiger partial charge on any atom is -0.459 e. The number of rotatable bonds is 5. The molecule has 0 unspecified atom stereocenters. The van der Waals surface area contributed by atoms with Crippen LogP contribution in [0.1, 0.15) is 51.2 Å². The SMILES string of the molecule is C[C@@H](O)C(=O)OCc1cccc(-c2ccc(C3=CCC(C)(C)CC3)cc2)c1. The van der Waals surface area contributed by atoms with Crippen molar-refractivity contribution in [3.8, 4) is 11.1 Å². The zero-order valence-corrected chi connectivity index (χ0v) is 16.4. The van der Waals surface area contributed by atoms with E-state index >= 15 is 0 Å². The van der Waals surface area contributed by atoms with Crippen LogP contribution in [0.2, 0.25) is 0 Å². The van der Waals surface area contributed by atoms with E-state index in [2.05, 4.69) is 50.3 Å². The summed E-state index contributed by atoms with van der Waals surface area (Å²) in [6, 6.07) is 16.6. The molecule has 1 aliphatic carbocycles. The number of esters is 1. The van der Waals surface area contributed by atoms with Crippen LogP contribution >= 0.6 is 0 Å². The summed E-state index contributed by atoms with van der Waals surface area (Å²) in [4.78, 5) is 11.4. The molecule has 3 rings (SSSR count). The van der Waals surface area contributed by atoms with Gasteiger partial charge in [-0.25, -0.2) is 4.79 Å². The third kappa shape index (κ3) is 5.08. The molecule has 0 heterocycles. The number of benzene rings is 2. The van der Waals surface area contributed by atoms with Crippen LogP contribution in [0.3, 0.4) is 0 Å². The first-order valence-electron chi connectivity index (χ1n) is 9.58. The number of hydrogen-bond donors (Lipinski definition) is 1. The first-order valence-corrected chi connectivity index (χ1v) is 9.58. The predicted molar refractivity (Wildman–Crippen MR) is 109 cm³/mol. The molecule has 0 spiro atoms. The molecule has 3 heteroatoms. The number of ether oxygens (including phenoxy) is 1. The maximum absolute atomic E-state index is 11.4. The largest absolute Gasteiger partial charge is 0.459 e. The van der Waals surface area contributed by atoms with Gasteiger partial charge in [-0.1, -0.05) is 62.4 Å². The summed E-state index contributed by atoms with van der Waals surface area (Å²) in [5, 5.41) is 9.21. The van der Waals surface area contributed by atoms with Crippen LogP contribution in [0.15, 0.2) is 54.6 Å². The van der Waals surface area contributed by atoms with Gasteiger partial charge in [0.05, 0.1) is 0 Å².